The van der Waals surface area contributed by atoms with Gasteiger partial charge in [-0.05, 0) is 18.1 Å². The number of amides is 1. The summed E-state index contributed by atoms with van der Waals surface area (Å²) in [6.45, 7) is 3.85. The fraction of sp³-hybridized carbons (Fsp3) is 0.462. The van der Waals surface area contributed by atoms with Crippen LogP contribution in [-0.2, 0) is 14.8 Å². The Hall–Kier alpha value is -1.60. The van der Waals surface area contributed by atoms with Gasteiger partial charge in [0, 0.05) is 0 Å². The number of nitrogens with one attached hydrogen (secondary N) is 2. The van der Waals surface area contributed by atoms with E-state index >= 15 is 0 Å². The van der Waals surface area contributed by atoms with E-state index in [0.717, 1.165) is 12.7 Å². The number of para-hydroxylation sites is 2. The first-order chi connectivity index (χ1) is 9.24. The molecule has 112 valence electrons. The molecule has 0 aliphatic heterocycles. The molecule has 1 aromatic rings. The molecular formula is C13H21N3O3S. The topological polar surface area (TPSA) is 101 Å². The monoisotopic (exact) mass is 299 g/mol. The highest BCUT2D eigenvalue weighted by atomic mass is 32.2. The standard InChI is InChI=1S/C13H21N3O3S/c1-4-9(2)12(14)13(17)15-10-7-5-6-8-11(10)16-20(3,18)19/h5-9,12,16H,4,14H2,1-3H3,(H,15,17)/t9-,12-/m0/s1. The zero-order valence-electron chi connectivity index (χ0n) is 11.9. The zero-order chi connectivity index (χ0) is 15.3. The lowest BCUT2D eigenvalue weighted by atomic mass is 9.99. The van der Waals surface area contributed by atoms with Gasteiger partial charge in [0.25, 0.3) is 0 Å². The number of nitrogens with two attached hydrogens (primary N) is 1. The minimum atomic E-state index is -3.41. The summed E-state index contributed by atoms with van der Waals surface area (Å²) in [6.07, 6.45) is 1.84. The largest absolute Gasteiger partial charge is 0.323 e. The summed E-state index contributed by atoms with van der Waals surface area (Å²) >= 11 is 0. The van der Waals surface area contributed by atoms with Crippen LogP contribution in [-0.4, -0.2) is 26.6 Å². The summed E-state index contributed by atoms with van der Waals surface area (Å²) in [6, 6.07) is 5.95. The maximum atomic E-state index is 12.0. The Morgan fingerprint density at radius 1 is 1.30 bits per heavy atom. The van der Waals surface area contributed by atoms with Gasteiger partial charge in [0.1, 0.15) is 0 Å². The fourth-order valence-electron chi connectivity index (χ4n) is 1.61. The van der Waals surface area contributed by atoms with Crippen molar-refractivity contribution in [1.29, 1.82) is 0 Å². The molecule has 2 atom stereocenters. The quantitative estimate of drug-likeness (QED) is 0.738. The van der Waals surface area contributed by atoms with Gasteiger partial charge in [-0.2, -0.15) is 0 Å². The average molecular weight is 299 g/mol. The highest BCUT2D eigenvalue weighted by molar-refractivity contribution is 7.92. The molecule has 0 bridgehead atoms. The lowest BCUT2D eigenvalue weighted by Crippen LogP contribution is -2.40. The van der Waals surface area contributed by atoms with Crippen LogP contribution in [0.3, 0.4) is 0 Å². The lowest BCUT2D eigenvalue weighted by Gasteiger charge is -2.19. The van der Waals surface area contributed by atoms with Gasteiger partial charge in [0.2, 0.25) is 15.9 Å². The predicted octanol–water partition coefficient (Wildman–Crippen LogP) is 1.37. The molecule has 20 heavy (non-hydrogen) atoms. The van der Waals surface area contributed by atoms with Gasteiger partial charge in [-0.3, -0.25) is 9.52 Å². The number of carbonyl (C=O) groups is 1. The van der Waals surface area contributed by atoms with Gasteiger partial charge < -0.3 is 11.1 Å². The molecule has 0 fully saturated rings. The number of anilines is 2. The SMILES string of the molecule is CC[C@H](C)[C@H](N)C(=O)Nc1ccccc1NS(C)(=O)=O. The van der Waals surface area contributed by atoms with E-state index < -0.39 is 16.1 Å². The molecule has 0 saturated carbocycles. The molecule has 0 unspecified atom stereocenters. The van der Waals surface area contributed by atoms with Gasteiger partial charge >= 0.3 is 0 Å². The summed E-state index contributed by atoms with van der Waals surface area (Å²) in [5.41, 5.74) is 6.56. The molecule has 1 amide bonds. The van der Waals surface area contributed by atoms with E-state index in [1.165, 1.54) is 0 Å². The number of sulfonamides is 1. The van der Waals surface area contributed by atoms with Crippen molar-refractivity contribution in [2.24, 2.45) is 11.7 Å². The van der Waals surface area contributed by atoms with Crippen molar-refractivity contribution in [2.75, 3.05) is 16.3 Å². The first-order valence-corrected chi connectivity index (χ1v) is 8.27. The maximum Gasteiger partial charge on any atom is 0.241 e. The molecule has 7 heteroatoms. The Morgan fingerprint density at radius 2 is 1.85 bits per heavy atom. The first kappa shape index (κ1) is 16.5. The molecule has 6 nitrogen and oxygen atoms in total. The van der Waals surface area contributed by atoms with Crippen LogP contribution >= 0.6 is 0 Å². The third kappa shape index (κ3) is 4.82. The van der Waals surface area contributed by atoms with Crippen molar-refractivity contribution in [2.45, 2.75) is 26.3 Å². The molecule has 0 radical (unpaired) electrons. The molecule has 0 saturated heterocycles. The smallest absolute Gasteiger partial charge is 0.241 e. The average Bonchev–Trinajstić information content (AvgIpc) is 2.37. The van der Waals surface area contributed by atoms with Crippen molar-refractivity contribution in [3.8, 4) is 0 Å². The molecule has 1 rings (SSSR count). The van der Waals surface area contributed by atoms with Crippen molar-refractivity contribution in [3.63, 3.8) is 0 Å². The Labute approximate surface area is 119 Å². The summed E-state index contributed by atoms with van der Waals surface area (Å²) in [5.74, 6) is -0.285. The second kappa shape index (κ2) is 6.71. The normalized spacial score (nSPS) is 14.4. The van der Waals surface area contributed by atoms with E-state index in [1.807, 2.05) is 13.8 Å². The van der Waals surface area contributed by atoms with Gasteiger partial charge in [-0.15, -0.1) is 0 Å². The van der Waals surface area contributed by atoms with Crippen LogP contribution < -0.4 is 15.8 Å². The van der Waals surface area contributed by atoms with Crippen LogP contribution in [0.15, 0.2) is 24.3 Å². The van der Waals surface area contributed by atoms with Crippen molar-refractivity contribution in [3.05, 3.63) is 24.3 Å². The minimum absolute atomic E-state index is 0.0463. The van der Waals surface area contributed by atoms with E-state index in [2.05, 4.69) is 10.0 Å². The second-order valence-electron chi connectivity index (χ2n) is 4.82. The van der Waals surface area contributed by atoms with E-state index in [4.69, 9.17) is 5.73 Å². The van der Waals surface area contributed by atoms with Crippen LogP contribution in [0, 0.1) is 5.92 Å². The lowest BCUT2D eigenvalue weighted by molar-refractivity contribution is -0.118. The Balaban J connectivity index is 2.90. The predicted molar refractivity (Wildman–Crippen MR) is 81.0 cm³/mol. The molecular weight excluding hydrogens is 278 g/mol. The van der Waals surface area contributed by atoms with E-state index in [-0.39, 0.29) is 11.8 Å². The molecule has 4 N–H and O–H groups in total. The van der Waals surface area contributed by atoms with Crippen LogP contribution in [0.2, 0.25) is 0 Å². The van der Waals surface area contributed by atoms with Gasteiger partial charge in [0.05, 0.1) is 23.7 Å². The molecule has 0 aliphatic carbocycles. The Morgan fingerprint density at radius 3 is 2.35 bits per heavy atom. The number of hydrogen-bond acceptors (Lipinski definition) is 4. The summed E-state index contributed by atoms with van der Waals surface area (Å²) in [4.78, 5) is 12.0. The molecule has 0 aromatic heterocycles. The van der Waals surface area contributed by atoms with Gasteiger partial charge in [-0.1, -0.05) is 32.4 Å². The highest BCUT2D eigenvalue weighted by Crippen LogP contribution is 2.22. The van der Waals surface area contributed by atoms with Crippen molar-refractivity contribution in [1.82, 2.24) is 0 Å². The Bertz CT molecular complexity index is 572. The Kier molecular flexibility index (Phi) is 5.52. The van der Waals surface area contributed by atoms with Crippen molar-refractivity contribution >= 4 is 27.3 Å². The summed E-state index contributed by atoms with van der Waals surface area (Å²) in [5, 5.41) is 2.66. The van der Waals surface area contributed by atoms with E-state index in [1.54, 1.807) is 24.3 Å². The van der Waals surface area contributed by atoms with Crippen LogP contribution in [0.5, 0.6) is 0 Å². The maximum absolute atomic E-state index is 12.0. The molecule has 0 spiro atoms. The molecule has 0 aliphatic rings. The number of rotatable bonds is 6. The van der Waals surface area contributed by atoms with Gasteiger partial charge in [-0.25, -0.2) is 8.42 Å². The van der Waals surface area contributed by atoms with Crippen LogP contribution in [0.25, 0.3) is 0 Å². The zero-order valence-corrected chi connectivity index (χ0v) is 12.7. The molecule has 0 heterocycles. The first-order valence-electron chi connectivity index (χ1n) is 6.38. The second-order valence-corrected chi connectivity index (χ2v) is 6.57. The fourth-order valence-corrected chi connectivity index (χ4v) is 2.19. The third-order valence-electron chi connectivity index (χ3n) is 3.04. The molecule has 1 aromatic carbocycles. The van der Waals surface area contributed by atoms with E-state index in [9.17, 15) is 13.2 Å². The van der Waals surface area contributed by atoms with Crippen LogP contribution in [0.4, 0.5) is 11.4 Å². The summed E-state index contributed by atoms with van der Waals surface area (Å²) < 4.78 is 24.9. The van der Waals surface area contributed by atoms with Crippen LogP contribution in [0.1, 0.15) is 20.3 Å². The summed E-state index contributed by atoms with van der Waals surface area (Å²) in [7, 11) is -3.41. The third-order valence-corrected chi connectivity index (χ3v) is 3.63. The number of hydrogen-bond donors (Lipinski definition) is 3. The highest BCUT2D eigenvalue weighted by Gasteiger charge is 2.20. The van der Waals surface area contributed by atoms with Gasteiger partial charge in [0.15, 0.2) is 0 Å². The number of benzene rings is 1. The minimum Gasteiger partial charge on any atom is -0.323 e. The number of carbonyl (C=O) groups excluding carboxylic acids is 1. The van der Waals surface area contributed by atoms with Crippen molar-refractivity contribution < 1.29 is 13.2 Å². The van der Waals surface area contributed by atoms with E-state index in [0.29, 0.717) is 11.4 Å².